The molecule has 0 spiro atoms. The van der Waals surface area contributed by atoms with E-state index < -0.39 is 0 Å². The van der Waals surface area contributed by atoms with Crippen LogP contribution in [0.25, 0.3) is 0 Å². The zero-order valence-electron chi connectivity index (χ0n) is 12.7. The summed E-state index contributed by atoms with van der Waals surface area (Å²) in [6, 6.07) is 2.92. The van der Waals surface area contributed by atoms with Crippen LogP contribution in [0.2, 0.25) is 0 Å². The van der Waals surface area contributed by atoms with Crippen molar-refractivity contribution in [1.29, 1.82) is 0 Å². The van der Waals surface area contributed by atoms with E-state index in [2.05, 4.69) is 45.2 Å². The van der Waals surface area contributed by atoms with Crippen LogP contribution in [0.3, 0.4) is 0 Å². The summed E-state index contributed by atoms with van der Waals surface area (Å²) in [5.41, 5.74) is 1.32. The van der Waals surface area contributed by atoms with Crippen LogP contribution in [0.15, 0.2) is 6.07 Å². The van der Waals surface area contributed by atoms with Gasteiger partial charge in [-0.3, -0.25) is 5.10 Å². The molecule has 0 bridgehead atoms. The van der Waals surface area contributed by atoms with Crippen LogP contribution in [0, 0.1) is 0 Å². The van der Waals surface area contributed by atoms with Gasteiger partial charge in [0.25, 0.3) is 0 Å². The average Bonchev–Trinajstić information content (AvgIpc) is 2.98. The van der Waals surface area contributed by atoms with Crippen molar-refractivity contribution in [3.63, 3.8) is 0 Å². The fourth-order valence-electron chi connectivity index (χ4n) is 3.32. The number of nitrogens with one attached hydrogen (secondary N) is 2. The number of likely N-dealkylation sites (tertiary alicyclic amines) is 1. The Labute approximate surface area is 121 Å². The summed E-state index contributed by atoms with van der Waals surface area (Å²) >= 11 is 0. The molecule has 1 aromatic heterocycles. The van der Waals surface area contributed by atoms with Gasteiger partial charge in [-0.1, -0.05) is 0 Å². The number of piperidine rings is 1. The third kappa shape index (κ3) is 2.99. The van der Waals surface area contributed by atoms with Gasteiger partial charge >= 0.3 is 0 Å². The topological polar surface area (TPSA) is 47.2 Å². The predicted molar refractivity (Wildman–Crippen MR) is 82.4 cm³/mol. The molecule has 0 saturated carbocycles. The molecule has 5 heteroatoms. The first-order valence-electron chi connectivity index (χ1n) is 7.99. The Morgan fingerprint density at radius 3 is 2.80 bits per heavy atom. The number of nitrogens with zero attached hydrogens (tertiary/aromatic N) is 3. The minimum atomic E-state index is 0.621. The highest BCUT2D eigenvalue weighted by atomic mass is 15.3. The van der Waals surface area contributed by atoms with Crippen molar-refractivity contribution in [2.45, 2.75) is 38.6 Å². The van der Waals surface area contributed by atoms with Gasteiger partial charge in [-0.2, -0.15) is 5.10 Å². The fraction of sp³-hybridized carbons (Fsp3) is 0.800. The summed E-state index contributed by atoms with van der Waals surface area (Å²) in [6.45, 7) is 11.2. The molecule has 2 aliphatic rings. The van der Waals surface area contributed by atoms with Gasteiger partial charge in [-0.25, -0.2) is 0 Å². The highest BCUT2D eigenvalue weighted by molar-refractivity contribution is 5.40. The Kier molecular flexibility index (Phi) is 4.27. The summed E-state index contributed by atoms with van der Waals surface area (Å²) in [5, 5.41) is 11.2. The van der Waals surface area contributed by atoms with Gasteiger partial charge in [0.15, 0.2) is 5.82 Å². The molecular formula is C15H27N5. The van der Waals surface area contributed by atoms with E-state index in [0.29, 0.717) is 12.0 Å². The van der Waals surface area contributed by atoms with Crippen LogP contribution in [0.5, 0.6) is 0 Å². The quantitative estimate of drug-likeness (QED) is 0.877. The zero-order valence-corrected chi connectivity index (χ0v) is 12.7. The fourth-order valence-corrected chi connectivity index (χ4v) is 3.32. The van der Waals surface area contributed by atoms with Gasteiger partial charge < -0.3 is 15.1 Å². The van der Waals surface area contributed by atoms with Gasteiger partial charge in [0.1, 0.15) is 0 Å². The van der Waals surface area contributed by atoms with Crippen molar-refractivity contribution >= 4 is 5.82 Å². The highest BCUT2D eigenvalue weighted by Gasteiger charge is 2.25. The summed E-state index contributed by atoms with van der Waals surface area (Å²) in [4.78, 5) is 4.96. The monoisotopic (exact) mass is 277 g/mol. The van der Waals surface area contributed by atoms with Gasteiger partial charge in [0.05, 0.1) is 0 Å². The molecule has 2 aliphatic heterocycles. The molecular weight excluding hydrogens is 250 g/mol. The van der Waals surface area contributed by atoms with Crippen molar-refractivity contribution in [2.75, 3.05) is 44.2 Å². The van der Waals surface area contributed by atoms with Gasteiger partial charge in [0.2, 0.25) is 0 Å². The lowest BCUT2D eigenvalue weighted by atomic mass is 9.94. The molecule has 2 saturated heterocycles. The van der Waals surface area contributed by atoms with Crippen LogP contribution in [0.4, 0.5) is 5.82 Å². The van der Waals surface area contributed by atoms with Crippen LogP contribution >= 0.6 is 0 Å². The number of aromatic nitrogens is 2. The maximum Gasteiger partial charge on any atom is 0.150 e. The van der Waals surface area contributed by atoms with Crippen LogP contribution in [-0.2, 0) is 0 Å². The normalized spacial score (nSPS) is 25.4. The average molecular weight is 277 g/mol. The van der Waals surface area contributed by atoms with Crippen molar-refractivity contribution in [2.24, 2.45) is 0 Å². The molecule has 2 fully saturated rings. The molecule has 0 radical (unpaired) electrons. The van der Waals surface area contributed by atoms with Gasteiger partial charge in [-0.05, 0) is 33.2 Å². The first-order chi connectivity index (χ1) is 9.74. The van der Waals surface area contributed by atoms with Gasteiger partial charge in [0, 0.05) is 56.4 Å². The van der Waals surface area contributed by atoms with Gasteiger partial charge in [-0.15, -0.1) is 0 Å². The Balaban J connectivity index is 1.66. The number of anilines is 1. The zero-order chi connectivity index (χ0) is 13.9. The largest absolute Gasteiger partial charge is 0.353 e. The van der Waals surface area contributed by atoms with Crippen LogP contribution in [-0.4, -0.2) is 60.4 Å². The van der Waals surface area contributed by atoms with E-state index >= 15 is 0 Å². The molecule has 3 heterocycles. The first-order valence-corrected chi connectivity index (χ1v) is 7.99. The maximum absolute atomic E-state index is 4.54. The lowest BCUT2D eigenvalue weighted by molar-refractivity contribution is 0.166. The van der Waals surface area contributed by atoms with E-state index in [1.54, 1.807) is 0 Å². The number of hydrogen-bond acceptors (Lipinski definition) is 4. The second-order valence-electron chi connectivity index (χ2n) is 6.35. The molecule has 2 N–H and O–H groups in total. The summed E-state index contributed by atoms with van der Waals surface area (Å²) in [7, 11) is 0. The standard InChI is InChI=1S/C15H27N5/c1-12(2)20-7-3-4-13(11-20)14-10-15(18-17-14)19-8-5-16-6-9-19/h10,12-13,16H,3-9,11H2,1-2H3,(H,17,18). The van der Waals surface area contributed by atoms with Crippen molar-refractivity contribution in [1.82, 2.24) is 20.4 Å². The molecule has 5 nitrogen and oxygen atoms in total. The van der Waals surface area contributed by atoms with Crippen LogP contribution in [0.1, 0.15) is 38.3 Å². The molecule has 1 aromatic rings. The van der Waals surface area contributed by atoms with E-state index in [0.717, 1.165) is 32.0 Å². The molecule has 3 rings (SSSR count). The maximum atomic E-state index is 4.54. The molecule has 1 atom stereocenters. The number of hydrogen-bond donors (Lipinski definition) is 2. The van der Waals surface area contributed by atoms with E-state index in [1.807, 2.05) is 0 Å². The molecule has 0 amide bonds. The number of H-pyrrole nitrogens is 1. The summed E-state index contributed by atoms with van der Waals surface area (Å²) in [5.74, 6) is 1.75. The Bertz CT molecular complexity index is 422. The molecule has 1 unspecified atom stereocenters. The second-order valence-corrected chi connectivity index (χ2v) is 6.35. The minimum absolute atomic E-state index is 0.621. The smallest absolute Gasteiger partial charge is 0.150 e. The summed E-state index contributed by atoms with van der Waals surface area (Å²) in [6.07, 6.45) is 2.58. The molecule has 112 valence electrons. The third-order valence-electron chi connectivity index (χ3n) is 4.65. The number of rotatable bonds is 3. The Morgan fingerprint density at radius 1 is 1.25 bits per heavy atom. The highest BCUT2D eigenvalue weighted by Crippen LogP contribution is 2.28. The van der Waals surface area contributed by atoms with E-state index in [1.165, 1.54) is 31.6 Å². The van der Waals surface area contributed by atoms with Crippen molar-refractivity contribution in [3.05, 3.63) is 11.8 Å². The lowest BCUT2D eigenvalue weighted by Crippen LogP contribution is -2.43. The third-order valence-corrected chi connectivity index (χ3v) is 4.65. The Hall–Kier alpha value is -1.07. The second kappa shape index (κ2) is 6.14. The first kappa shape index (κ1) is 13.9. The molecule has 0 aliphatic carbocycles. The van der Waals surface area contributed by atoms with Crippen molar-refractivity contribution in [3.8, 4) is 0 Å². The van der Waals surface area contributed by atoms with Crippen molar-refractivity contribution < 1.29 is 0 Å². The summed E-state index contributed by atoms with van der Waals surface area (Å²) < 4.78 is 0. The predicted octanol–water partition coefficient (Wildman–Crippen LogP) is 1.41. The molecule has 20 heavy (non-hydrogen) atoms. The van der Waals surface area contributed by atoms with E-state index in [9.17, 15) is 0 Å². The number of aromatic amines is 1. The van der Waals surface area contributed by atoms with Crippen LogP contribution < -0.4 is 10.2 Å². The van der Waals surface area contributed by atoms with E-state index in [-0.39, 0.29) is 0 Å². The lowest BCUT2D eigenvalue weighted by Gasteiger charge is -2.34. The van der Waals surface area contributed by atoms with E-state index in [4.69, 9.17) is 0 Å². The molecule has 0 aromatic carbocycles. The SMILES string of the molecule is CC(C)N1CCCC(c2cc(N3CCNCC3)n[nH]2)C1. The minimum Gasteiger partial charge on any atom is -0.353 e. The number of piperazine rings is 1. The Morgan fingerprint density at radius 2 is 2.05 bits per heavy atom.